The highest BCUT2D eigenvalue weighted by Gasteiger charge is 2.13. The van der Waals surface area contributed by atoms with Crippen LogP contribution in [0, 0.1) is 0 Å². The fourth-order valence-electron chi connectivity index (χ4n) is 2.89. The van der Waals surface area contributed by atoms with Crippen LogP contribution >= 0.6 is 0 Å². The molecular weight excluding hydrogens is 356 g/mol. The molecule has 132 valence electrons. The van der Waals surface area contributed by atoms with E-state index in [-0.39, 0.29) is 33.6 Å². The van der Waals surface area contributed by atoms with Crippen molar-refractivity contribution in [3.05, 3.63) is 56.5 Å². The fraction of sp³-hybridized carbons (Fsp3) is 0.0588. The first-order chi connectivity index (χ1) is 13.1. The van der Waals surface area contributed by atoms with Crippen molar-refractivity contribution in [1.29, 1.82) is 0 Å². The molecule has 0 unspecified atom stereocenters. The van der Waals surface area contributed by atoms with Gasteiger partial charge in [0.05, 0.1) is 0 Å². The highest BCUT2D eigenvalue weighted by Crippen LogP contribution is 2.30. The van der Waals surface area contributed by atoms with Gasteiger partial charge in [-0.1, -0.05) is 0 Å². The van der Waals surface area contributed by atoms with Crippen molar-refractivity contribution in [2.75, 3.05) is 0 Å². The Kier molecular flexibility index (Phi) is 3.74. The number of isocyanates is 2. The minimum atomic E-state index is -0.678. The minimum Gasteiger partial charge on any atom is -0.408 e. The van der Waals surface area contributed by atoms with Gasteiger partial charge in [0.2, 0.25) is 12.2 Å². The Bertz CT molecular complexity index is 1300. The Balaban J connectivity index is 1.86. The molecule has 27 heavy (non-hydrogen) atoms. The van der Waals surface area contributed by atoms with Gasteiger partial charge in [0.15, 0.2) is 11.2 Å². The average molecular weight is 364 g/mol. The number of aromatic nitrogens is 2. The lowest BCUT2D eigenvalue weighted by Gasteiger charge is -2.05. The van der Waals surface area contributed by atoms with Crippen molar-refractivity contribution >= 4 is 45.7 Å². The van der Waals surface area contributed by atoms with Gasteiger partial charge in [-0.25, -0.2) is 19.2 Å². The smallest absolute Gasteiger partial charge is 0.408 e. The first-order valence-electron chi connectivity index (χ1n) is 7.54. The molecule has 10 heteroatoms. The Morgan fingerprint density at radius 3 is 1.63 bits per heavy atom. The summed E-state index contributed by atoms with van der Waals surface area (Å²) in [7, 11) is 0. The van der Waals surface area contributed by atoms with E-state index in [9.17, 15) is 19.2 Å². The van der Waals surface area contributed by atoms with Gasteiger partial charge in [-0.2, -0.15) is 9.98 Å². The Hall–Kier alpha value is -4.26. The van der Waals surface area contributed by atoms with Crippen LogP contribution in [-0.4, -0.2) is 22.1 Å². The molecule has 0 radical (unpaired) electrons. The van der Waals surface area contributed by atoms with E-state index < -0.39 is 11.5 Å². The second kappa shape index (κ2) is 6.23. The van der Waals surface area contributed by atoms with E-state index in [0.717, 1.165) is 0 Å². The Labute approximate surface area is 147 Å². The summed E-state index contributed by atoms with van der Waals surface area (Å²) in [5, 5.41) is 0. The van der Waals surface area contributed by atoms with Gasteiger partial charge in [-0.05, 0) is 41.8 Å². The van der Waals surface area contributed by atoms with Gasteiger partial charge in [-0.15, -0.1) is 0 Å². The van der Waals surface area contributed by atoms with E-state index >= 15 is 0 Å². The Morgan fingerprint density at radius 2 is 1.22 bits per heavy atom. The number of hydrogen-bond donors (Lipinski definition) is 2. The molecular formula is C17H8N4O6. The molecule has 0 fully saturated rings. The molecule has 2 aromatic heterocycles. The minimum absolute atomic E-state index is 0.198. The van der Waals surface area contributed by atoms with E-state index in [4.69, 9.17) is 8.83 Å². The van der Waals surface area contributed by atoms with Gasteiger partial charge in [0.1, 0.15) is 22.4 Å². The average Bonchev–Trinajstić information content (AvgIpc) is 3.17. The third kappa shape index (κ3) is 2.93. The van der Waals surface area contributed by atoms with Crippen LogP contribution in [0.4, 0.5) is 11.4 Å². The second-order valence-corrected chi connectivity index (χ2v) is 5.59. The summed E-state index contributed by atoms with van der Waals surface area (Å²) in [6.07, 6.45) is 3.15. The lowest BCUT2D eigenvalue weighted by atomic mass is 10.0. The molecule has 0 atom stereocenters. The molecule has 0 saturated heterocycles. The lowest BCUT2D eigenvalue weighted by molar-refractivity contribution is 0.555. The molecule has 4 aromatic rings. The largest absolute Gasteiger partial charge is 0.417 e. The third-order valence-corrected chi connectivity index (χ3v) is 3.88. The second-order valence-electron chi connectivity index (χ2n) is 5.59. The zero-order valence-electron chi connectivity index (χ0n) is 13.4. The van der Waals surface area contributed by atoms with Crippen LogP contribution in [0.5, 0.6) is 0 Å². The van der Waals surface area contributed by atoms with Gasteiger partial charge in [0, 0.05) is 0 Å². The van der Waals surface area contributed by atoms with E-state index in [2.05, 4.69) is 20.0 Å². The van der Waals surface area contributed by atoms with Crippen molar-refractivity contribution in [2.24, 2.45) is 9.98 Å². The number of oxazole rings is 2. The predicted octanol–water partition coefficient (Wildman–Crippen LogP) is 2.08. The fourth-order valence-corrected chi connectivity index (χ4v) is 2.89. The molecule has 0 amide bonds. The number of H-pyrrole nitrogens is 2. The van der Waals surface area contributed by atoms with Crippen molar-refractivity contribution in [3.8, 4) is 0 Å². The van der Waals surface area contributed by atoms with Gasteiger partial charge in [-0.3, -0.25) is 9.97 Å². The lowest BCUT2D eigenvalue weighted by Crippen LogP contribution is -1.93. The van der Waals surface area contributed by atoms with Crippen molar-refractivity contribution in [2.45, 2.75) is 6.42 Å². The first-order valence-corrected chi connectivity index (χ1v) is 7.54. The maximum Gasteiger partial charge on any atom is 0.417 e. The molecule has 0 aliphatic heterocycles. The summed E-state index contributed by atoms with van der Waals surface area (Å²) in [6.45, 7) is 0. The van der Waals surface area contributed by atoms with Crippen molar-refractivity contribution in [3.63, 3.8) is 0 Å². The van der Waals surface area contributed by atoms with Crippen molar-refractivity contribution < 1.29 is 18.4 Å². The maximum atomic E-state index is 11.4. The molecule has 10 nitrogen and oxygen atoms in total. The van der Waals surface area contributed by atoms with E-state index in [1.54, 1.807) is 24.3 Å². The number of rotatable bonds is 4. The molecule has 0 spiro atoms. The molecule has 2 aromatic carbocycles. The summed E-state index contributed by atoms with van der Waals surface area (Å²) in [5.74, 6) is -1.36. The number of aliphatic imine (C=N–C) groups is 2. The summed E-state index contributed by atoms with van der Waals surface area (Å²) >= 11 is 0. The van der Waals surface area contributed by atoms with Crippen LogP contribution in [0.25, 0.3) is 22.2 Å². The summed E-state index contributed by atoms with van der Waals surface area (Å²) < 4.78 is 10.1. The maximum absolute atomic E-state index is 11.4. The molecule has 2 N–H and O–H groups in total. The number of fused-ring (bicyclic) bond motifs is 2. The van der Waals surface area contributed by atoms with Gasteiger partial charge in [0.25, 0.3) is 0 Å². The zero-order chi connectivity index (χ0) is 19.0. The molecule has 4 rings (SSSR count). The topological polar surface area (TPSA) is 151 Å². The number of nitrogens with one attached hydrogen (secondary N) is 2. The van der Waals surface area contributed by atoms with Crippen LogP contribution in [0.3, 0.4) is 0 Å². The standard InChI is InChI=1S/C17H8N4O6/c22-6-18-10-2-8(4-12-14(10)20-16(24)26-12)1-9-3-11(19-7-23)15-13(5-9)27-17(25)21-15/h2-5H,1H2,(H,20,24)(H,21,25). The zero-order valence-corrected chi connectivity index (χ0v) is 13.4. The number of aromatic amines is 2. The van der Waals surface area contributed by atoms with Crippen LogP contribution in [-0.2, 0) is 16.0 Å². The summed E-state index contributed by atoms with van der Waals surface area (Å²) in [5.41, 5.74) is 2.72. The quantitative estimate of drug-likeness (QED) is 0.418. The predicted molar refractivity (Wildman–Crippen MR) is 92.0 cm³/mol. The molecule has 0 saturated carbocycles. The van der Waals surface area contributed by atoms with Crippen LogP contribution in [0.15, 0.2) is 52.7 Å². The molecule has 2 heterocycles. The highest BCUT2D eigenvalue weighted by atomic mass is 16.4. The summed E-state index contributed by atoms with van der Waals surface area (Å²) in [6, 6.07) is 6.38. The first kappa shape index (κ1) is 16.2. The van der Waals surface area contributed by atoms with Crippen LogP contribution < -0.4 is 11.5 Å². The van der Waals surface area contributed by atoms with Crippen molar-refractivity contribution in [1.82, 2.24) is 9.97 Å². The Morgan fingerprint density at radius 1 is 0.778 bits per heavy atom. The molecule has 0 bridgehead atoms. The van der Waals surface area contributed by atoms with Crippen LogP contribution in [0.2, 0.25) is 0 Å². The monoisotopic (exact) mass is 364 g/mol. The highest BCUT2D eigenvalue weighted by molar-refractivity contribution is 5.88. The number of carbonyl (C=O) groups excluding carboxylic acids is 2. The van der Waals surface area contributed by atoms with E-state index in [1.807, 2.05) is 0 Å². The number of benzene rings is 2. The molecule has 0 aliphatic carbocycles. The van der Waals surface area contributed by atoms with Gasteiger partial charge >= 0.3 is 11.5 Å². The summed E-state index contributed by atoms with van der Waals surface area (Å²) in [4.78, 5) is 56.2. The number of hydrogen-bond acceptors (Lipinski definition) is 8. The molecule has 0 aliphatic rings. The SMILES string of the molecule is O=C=Nc1cc(Cc2cc(N=C=O)c3[nH]c(=O)oc3c2)cc2oc(=O)[nH]c12. The third-order valence-electron chi connectivity index (χ3n) is 3.88. The normalized spacial score (nSPS) is 10.7. The van der Waals surface area contributed by atoms with Crippen LogP contribution in [0.1, 0.15) is 11.1 Å². The number of nitrogens with zero attached hydrogens (tertiary/aromatic N) is 2. The van der Waals surface area contributed by atoms with E-state index in [1.165, 1.54) is 12.2 Å². The van der Waals surface area contributed by atoms with E-state index in [0.29, 0.717) is 17.5 Å². The van der Waals surface area contributed by atoms with Gasteiger partial charge < -0.3 is 8.83 Å².